The fourth-order valence-corrected chi connectivity index (χ4v) is 1.89. The molecular formula is C15H16F4N4O. The fourth-order valence-electron chi connectivity index (χ4n) is 1.89. The zero-order valence-corrected chi connectivity index (χ0v) is 12.8. The van der Waals surface area contributed by atoms with Gasteiger partial charge in [0, 0.05) is 24.9 Å². The maximum Gasteiger partial charge on any atom is 0.433 e. The first-order chi connectivity index (χ1) is 11.3. The minimum atomic E-state index is -4.63. The van der Waals surface area contributed by atoms with Gasteiger partial charge in [-0.05, 0) is 37.1 Å². The molecule has 0 atom stereocenters. The molecule has 0 aliphatic rings. The van der Waals surface area contributed by atoms with Gasteiger partial charge in [-0.1, -0.05) is 0 Å². The van der Waals surface area contributed by atoms with Crippen molar-refractivity contribution in [3.05, 3.63) is 41.3 Å². The van der Waals surface area contributed by atoms with Crippen LogP contribution >= 0.6 is 0 Å². The Bertz CT molecular complexity index is 706. The molecule has 9 heteroatoms. The summed E-state index contributed by atoms with van der Waals surface area (Å²) in [6, 6.07) is 4.85. The number of anilines is 3. The number of halogens is 4. The van der Waals surface area contributed by atoms with E-state index in [9.17, 15) is 17.6 Å². The van der Waals surface area contributed by atoms with E-state index >= 15 is 0 Å². The molecule has 0 radical (unpaired) electrons. The van der Waals surface area contributed by atoms with Crippen LogP contribution in [0.4, 0.5) is 35.0 Å². The van der Waals surface area contributed by atoms with Crippen LogP contribution in [0.25, 0.3) is 0 Å². The maximum atomic E-state index is 13.3. The summed E-state index contributed by atoms with van der Waals surface area (Å²) < 4.78 is 52.1. The van der Waals surface area contributed by atoms with E-state index in [1.54, 1.807) is 6.92 Å². The quantitative estimate of drug-likeness (QED) is 0.553. The van der Waals surface area contributed by atoms with Crippen LogP contribution in [0, 0.1) is 12.7 Å². The zero-order chi connectivity index (χ0) is 17.7. The highest BCUT2D eigenvalue weighted by Gasteiger charge is 2.33. The third kappa shape index (κ3) is 4.79. The summed E-state index contributed by atoms with van der Waals surface area (Å²) in [4.78, 5) is 7.38. The molecule has 24 heavy (non-hydrogen) atoms. The Morgan fingerprint density at radius 2 is 1.92 bits per heavy atom. The number of hydrogen-bond donors (Lipinski definition) is 3. The van der Waals surface area contributed by atoms with Crippen molar-refractivity contribution in [1.82, 2.24) is 9.97 Å². The molecule has 1 aromatic heterocycles. The highest BCUT2D eigenvalue weighted by molar-refractivity contribution is 5.58. The van der Waals surface area contributed by atoms with Gasteiger partial charge < -0.3 is 15.7 Å². The molecule has 2 aromatic rings. The molecule has 1 heterocycles. The van der Waals surface area contributed by atoms with Crippen molar-refractivity contribution < 1.29 is 22.7 Å². The van der Waals surface area contributed by atoms with Crippen LogP contribution in [-0.2, 0) is 6.18 Å². The van der Waals surface area contributed by atoms with Crippen molar-refractivity contribution in [3.8, 4) is 0 Å². The fraction of sp³-hybridized carbons (Fsp3) is 0.333. The highest BCUT2D eigenvalue weighted by Crippen LogP contribution is 2.30. The smallest absolute Gasteiger partial charge is 0.396 e. The number of hydrogen-bond acceptors (Lipinski definition) is 5. The van der Waals surface area contributed by atoms with Crippen LogP contribution in [0.3, 0.4) is 0 Å². The summed E-state index contributed by atoms with van der Waals surface area (Å²) in [5, 5.41) is 14.1. The standard InChI is InChI=1S/C15H16F4N4O/c1-9-7-10(3-4-11(9)16)21-13-8-12(15(17,18)19)22-14(23-13)20-5-2-6-24/h3-4,7-8,24H,2,5-6H2,1H3,(H2,20,21,22,23). The minimum absolute atomic E-state index is 0.0742. The average Bonchev–Trinajstić information content (AvgIpc) is 2.50. The lowest BCUT2D eigenvalue weighted by Gasteiger charge is -2.13. The van der Waals surface area contributed by atoms with Gasteiger partial charge in [-0.25, -0.2) is 9.37 Å². The lowest BCUT2D eigenvalue weighted by molar-refractivity contribution is -0.141. The molecule has 130 valence electrons. The average molecular weight is 344 g/mol. The van der Waals surface area contributed by atoms with Crippen molar-refractivity contribution in [2.24, 2.45) is 0 Å². The van der Waals surface area contributed by atoms with Crippen molar-refractivity contribution in [2.45, 2.75) is 19.5 Å². The molecule has 5 nitrogen and oxygen atoms in total. The van der Waals surface area contributed by atoms with Crippen molar-refractivity contribution in [2.75, 3.05) is 23.8 Å². The largest absolute Gasteiger partial charge is 0.433 e. The number of nitrogens with one attached hydrogen (secondary N) is 2. The van der Waals surface area contributed by atoms with Gasteiger partial charge in [0.2, 0.25) is 5.95 Å². The van der Waals surface area contributed by atoms with E-state index in [0.29, 0.717) is 17.7 Å². The van der Waals surface area contributed by atoms with Crippen LogP contribution < -0.4 is 10.6 Å². The summed E-state index contributed by atoms with van der Waals surface area (Å²) in [7, 11) is 0. The van der Waals surface area contributed by atoms with E-state index in [-0.39, 0.29) is 24.9 Å². The Hall–Kier alpha value is -2.42. The Labute approximate surface area is 135 Å². The van der Waals surface area contributed by atoms with E-state index in [2.05, 4.69) is 20.6 Å². The monoisotopic (exact) mass is 344 g/mol. The van der Waals surface area contributed by atoms with E-state index < -0.39 is 17.7 Å². The molecule has 1 aromatic carbocycles. The molecule has 0 aliphatic heterocycles. The van der Waals surface area contributed by atoms with Gasteiger partial charge >= 0.3 is 6.18 Å². The summed E-state index contributed by atoms with van der Waals surface area (Å²) >= 11 is 0. The molecule has 0 bridgehead atoms. The summed E-state index contributed by atoms with van der Waals surface area (Å²) in [5.74, 6) is -0.694. The summed E-state index contributed by atoms with van der Waals surface area (Å²) in [5.41, 5.74) is -0.348. The molecule has 2 rings (SSSR count). The van der Waals surface area contributed by atoms with Gasteiger partial charge in [-0.3, -0.25) is 0 Å². The third-order valence-electron chi connectivity index (χ3n) is 3.06. The van der Waals surface area contributed by atoms with Crippen LogP contribution in [0.5, 0.6) is 0 Å². The lowest BCUT2D eigenvalue weighted by Crippen LogP contribution is -2.14. The van der Waals surface area contributed by atoms with Crippen molar-refractivity contribution in [1.29, 1.82) is 0 Å². The molecule has 3 N–H and O–H groups in total. The second-order valence-corrected chi connectivity index (χ2v) is 5.05. The normalized spacial score (nSPS) is 11.4. The number of aliphatic hydroxyl groups is 1. The Kier molecular flexibility index (Phi) is 5.55. The van der Waals surface area contributed by atoms with Crippen LogP contribution in [0.15, 0.2) is 24.3 Å². The highest BCUT2D eigenvalue weighted by atomic mass is 19.4. The Morgan fingerprint density at radius 1 is 1.17 bits per heavy atom. The SMILES string of the molecule is Cc1cc(Nc2cc(C(F)(F)F)nc(NCCCO)n2)ccc1F. The van der Waals surface area contributed by atoms with E-state index in [1.165, 1.54) is 18.2 Å². The van der Waals surface area contributed by atoms with Gasteiger partial charge in [0.15, 0.2) is 5.69 Å². The van der Waals surface area contributed by atoms with E-state index in [4.69, 9.17) is 5.11 Å². The second kappa shape index (κ2) is 7.43. The molecule has 0 saturated heterocycles. The number of rotatable bonds is 6. The summed E-state index contributed by atoms with van der Waals surface area (Å²) in [6.45, 7) is 1.67. The first kappa shape index (κ1) is 17.9. The van der Waals surface area contributed by atoms with Gasteiger partial charge in [-0.2, -0.15) is 18.2 Å². The Balaban J connectivity index is 2.29. The van der Waals surface area contributed by atoms with Gasteiger partial charge in [-0.15, -0.1) is 0 Å². The number of benzene rings is 1. The Morgan fingerprint density at radius 3 is 2.54 bits per heavy atom. The molecule has 0 saturated carbocycles. The third-order valence-corrected chi connectivity index (χ3v) is 3.06. The van der Waals surface area contributed by atoms with Gasteiger partial charge in [0.25, 0.3) is 0 Å². The summed E-state index contributed by atoms with van der Waals surface area (Å²) in [6.07, 6.45) is -4.29. The van der Waals surface area contributed by atoms with Crippen LogP contribution in [0.2, 0.25) is 0 Å². The first-order valence-corrected chi connectivity index (χ1v) is 7.14. The minimum Gasteiger partial charge on any atom is -0.396 e. The zero-order valence-electron chi connectivity index (χ0n) is 12.8. The number of aryl methyl sites for hydroxylation is 1. The molecule has 0 amide bonds. The molecule has 0 aliphatic carbocycles. The number of aromatic nitrogens is 2. The van der Waals surface area contributed by atoms with Gasteiger partial charge in [0.1, 0.15) is 11.6 Å². The number of nitrogens with zero attached hydrogens (tertiary/aromatic N) is 2. The van der Waals surface area contributed by atoms with E-state index in [1.807, 2.05) is 0 Å². The van der Waals surface area contributed by atoms with Crippen LogP contribution in [-0.4, -0.2) is 28.2 Å². The first-order valence-electron chi connectivity index (χ1n) is 7.14. The predicted molar refractivity (Wildman–Crippen MR) is 81.6 cm³/mol. The molecular weight excluding hydrogens is 328 g/mol. The van der Waals surface area contributed by atoms with Gasteiger partial charge in [0.05, 0.1) is 0 Å². The second-order valence-electron chi connectivity index (χ2n) is 5.05. The van der Waals surface area contributed by atoms with E-state index in [0.717, 1.165) is 6.07 Å². The number of aliphatic hydroxyl groups excluding tert-OH is 1. The molecule has 0 spiro atoms. The lowest BCUT2D eigenvalue weighted by atomic mass is 10.2. The number of alkyl halides is 3. The molecule has 0 unspecified atom stereocenters. The topological polar surface area (TPSA) is 70.1 Å². The van der Waals surface area contributed by atoms with Crippen LogP contribution in [0.1, 0.15) is 17.7 Å². The maximum absolute atomic E-state index is 13.3. The molecule has 0 fully saturated rings. The van der Waals surface area contributed by atoms with Crippen molar-refractivity contribution >= 4 is 17.5 Å². The van der Waals surface area contributed by atoms with Crippen molar-refractivity contribution in [3.63, 3.8) is 0 Å². The predicted octanol–water partition coefficient (Wildman–Crippen LogP) is 3.48.